The Morgan fingerprint density at radius 2 is 0.750 bits per heavy atom. The van der Waals surface area contributed by atoms with Crippen LogP contribution in [0.25, 0.3) is 0 Å². The van der Waals surface area contributed by atoms with E-state index in [4.69, 9.17) is 0 Å². The zero-order chi connectivity index (χ0) is 0. The Hall–Kier alpha value is 2.28. The van der Waals surface area contributed by atoms with E-state index in [1.807, 2.05) is 0 Å². The largest absolute Gasteiger partial charge is 3.00 e. The van der Waals surface area contributed by atoms with Gasteiger partial charge in [-0.25, -0.2) is 0 Å². The van der Waals surface area contributed by atoms with Crippen molar-refractivity contribution in [2.45, 2.75) is 0 Å². The fourth-order valence-corrected chi connectivity index (χ4v) is 0. The molecule has 2 nitrogen and oxygen atoms in total. The van der Waals surface area contributed by atoms with Crippen LogP contribution in [-0.2, 0) is 43.7 Å². The van der Waals surface area contributed by atoms with Gasteiger partial charge in [0.1, 0.15) is 0 Å². The molecule has 0 aromatic heterocycles. The molecule has 0 heterocycles. The monoisotopic (exact) mass is 161 g/mol. The molecule has 0 aliphatic heterocycles. The van der Waals surface area contributed by atoms with Crippen molar-refractivity contribution in [1.29, 1.82) is 0 Å². The first kappa shape index (κ1) is 33.6. The van der Waals surface area contributed by atoms with Crippen LogP contribution in [0.5, 0.6) is 0 Å². The smallest absolute Gasteiger partial charge is 2.00 e. The molecule has 0 radical (unpaired) electrons. The molecule has 0 aromatic rings. The van der Waals surface area contributed by atoms with Crippen LogP contribution in [0, 0.1) is 0 Å². The molecule has 0 unspecified atom stereocenters. The van der Waals surface area contributed by atoms with Crippen LogP contribution in [0.2, 0.25) is 0 Å². The molecule has 16 valence electrons. The van der Waals surface area contributed by atoms with Crippen molar-refractivity contribution in [3.8, 4) is 0 Å². The van der Waals surface area contributed by atoms with Gasteiger partial charge in [-0.2, -0.15) is 0 Å². The summed E-state index contributed by atoms with van der Waals surface area (Å²) in [5, 5.41) is 0. The van der Waals surface area contributed by atoms with E-state index in [0.717, 1.165) is 0 Å². The van der Waals surface area contributed by atoms with E-state index >= 15 is 0 Å². The molecular formula is CaO2Y+. The van der Waals surface area contributed by atoms with Gasteiger partial charge in [0.15, 0.2) is 0 Å². The molecule has 0 saturated heterocycles. The molecule has 0 aliphatic rings. The van der Waals surface area contributed by atoms with E-state index in [9.17, 15) is 0 Å². The summed E-state index contributed by atoms with van der Waals surface area (Å²) in [4.78, 5) is 0. The van der Waals surface area contributed by atoms with Crippen molar-refractivity contribution in [1.82, 2.24) is 0 Å². The molecule has 0 N–H and O–H groups in total. The normalized spacial score (nSPS) is 0. The third-order valence-electron chi connectivity index (χ3n) is 0. The maximum atomic E-state index is 0. The van der Waals surface area contributed by atoms with Crippen LogP contribution in [-0.4, -0.2) is 37.7 Å². The minimum Gasteiger partial charge on any atom is -2.00 e. The number of hydrogen-bond donors (Lipinski definition) is 0. The third-order valence-corrected chi connectivity index (χ3v) is 0. The van der Waals surface area contributed by atoms with Gasteiger partial charge in [0.2, 0.25) is 0 Å². The van der Waals surface area contributed by atoms with Gasteiger partial charge >= 0.3 is 70.4 Å². The van der Waals surface area contributed by atoms with Gasteiger partial charge in [0.05, 0.1) is 0 Å². The summed E-state index contributed by atoms with van der Waals surface area (Å²) in [6.45, 7) is 0. The SMILES string of the molecule is [Ca+2].[O-2].[O-2].[Y+3]. The number of rotatable bonds is 0. The molecule has 0 fully saturated rings. The van der Waals surface area contributed by atoms with Gasteiger partial charge in [-0.15, -0.1) is 0 Å². The third kappa shape index (κ3) is 8.86. The first-order chi connectivity index (χ1) is 0. The molecule has 0 spiro atoms. The summed E-state index contributed by atoms with van der Waals surface area (Å²) in [7, 11) is 0. The summed E-state index contributed by atoms with van der Waals surface area (Å²) < 4.78 is 0. The first-order valence-corrected chi connectivity index (χ1v) is 0. The standard InChI is InChI=1S/Ca.2O.Y/q+2;2*-2;+3. The van der Waals surface area contributed by atoms with Crippen molar-refractivity contribution in [2.75, 3.05) is 0 Å². The Morgan fingerprint density at radius 1 is 0.750 bits per heavy atom. The minimum absolute atomic E-state index is 0. The van der Waals surface area contributed by atoms with E-state index in [2.05, 4.69) is 0 Å². The van der Waals surface area contributed by atoms with E-state index in [0.29, 0.717) is 0 Å². The van der Waals surface area contributed by atoms with Crippen molar-refractivity contribution >= 4 is 37.7 Å². The van der Waals surface area contributed by atoms with Crippen LogP contribution in [0.1, 0.15) is 0 Å². The molecule has 0 atom stereocenters. The Morgan fingerprint density at radius 3 is 0.750 bits per heavy atom. The quantitative estimate of drug-likeness (QED) is 0.425. The summed E-state index contributed by atoms with van der Waals surface area (Å²) in [6.07, 6.45) is 0. The molecular weight excluding hydrogens is 161 g/mol. The van der Waals surface area contributed by atoms with E-state index in [1.165, 1.54) is 0 Å². The topological polar surface area (TPSA) is 57.0 Å². The maximum absolute atomic E-state index is 0. The van der Waals surface area contributed by atoms with Gasteiger partial charge in [-0.05, 0) is 0 Å². The van der Waals surface area contributed by atoms with Crippen LogP contribution in [0.3, 0.4) is 0 Å². The molecule has 0 saturated carbocycles. The molecule has 0 aliphatic carbocycles. The zero-order valence-corrected chi connectivity index (χ0v) is 7.15. The molecule has 0 aromatic carbocycles. The van der Waals surface area contributed by atoms with Crippen LogP contribution in [0.4, 0.5) is 0 Å². The minimum atomic E-state index is 0. The summed E-state index contributed by atoms with van der Waals surface area (Å²) in [5.41, 5.74) is 0. The van der Waals surface area contributed by atoms with Crippen molar-refractivity contribution in [2.24, 2.45) is 0 Å². The predicted octanol–water partition coefficient (Wildman–Crippen LogP) is -0.621. The summed E-state index contributed by atoms with van der Waals surface area (Å²) in [5.74, 6) is 0. The van der Waals surface area contributed by atoms with Crippen molar-refractivity contribution in [3.63, 3.8) is 0 Å². The average Bonchev–Trinajstić information content (AvgIpc) is 0. The summed E-state index contributed by atoms with van der Waals surface area (Å²) >= 11 is 0. The van der Waals surface area contributed by atoms with E-state index < -0.39 is 0 Å². The zero-order valence-electron chi connectivity index (χ0n) is 2.10. The van der Waals surface area contributed by atoms with Crippen LogP contribution >= 0.6 is 0 Å². The van der Waals surface area contributed by atoms with Crippen LogP contribution < -0.4 is 0 Å². The Kier molecular flexibility index (Phi) is 156. The average molecular weight is 161 g/mol. The van der Waals surface area contributed by atoms with Gasteiger partial charge in [-0.1, -0.05) is 0 Å². The number of hydrogen-bond acceptors (Lipinski definition) is 0. The molecule has 4 heteroatoms. The second-order valence-electron chi connectivity index (χ2n) is 0. The van der Waals surface area contributed by atoms with Crippen molar-refractivity contribution in [3.05, 3.63) is 0 Å². The Balaban J connectivity index is 0. The van der Waals surface area contributed by atoms with Gasteiger partial charge in [0, 0.05) is 0 Å². The molecule has 0 bridgehead atoms. The van der Waals surface area contributed by atoms with Gasteiger partial charge in [-0.3, -0.25) is 0 Å². The maximum Gasteiger partial charge on any atom is 3.00 e. The van der Waals surface area contributed by atoms with Gasteiger partial charge < -0.3 is 11.0 Å². The predicted molar refractivity (Wildman–Crippen MR) is 7.13 cm³/mol. The second kappa shape index (κ2) is 18.6. The molecule has 0 amide bonds. The fourth-order valence-electron chi connectivity index (χ4n) is 0. The first-order valence-electron chi connectivity index (χ1n) is 0. The van der Waals surface area contributed by atoms with Crippen molar-refractivity contribution < 1.29 is 43.7 Å². The molecule has 4 heavy (non-hydrogen) atoms. The fraction of sp³-hybridized carbons (Fsp3) is 0. The Labute approximate surface area is 79.8 Å². The molecule has 0 rings (SSSR count). The van der Waals surface area contributed by atoms with E-state index in [-0.39, 0.29) is 81.4 Å². The van der Waals surface area contributed by atoms with Crippen LogP contribution in [0.15, 0.2) is 0 Å². The summed E-state index contributed by atoms with van der Waals surface area (Å²) in [6, 6.07) is 0. The second-order valence-corrected chi connectivity index (χ2v) is 0. The van der Waals surface area contributed by atoms with E-state index in [1.54, 1.807) is 0 Å². The van der Waals surface area contributed by atoms with Gasteiger partial charge in [0.25, 0.3) is 0 Å². The Bertz CT molecular complexity index is 6.00.